The van der Waals surface area contributed by atoms with Crippen LogP contribution in [-0.4, -0.2) is 25.8 Å². The first kappa shape index (κ1) is 16.2. The maximum atomic E-state index is 11.7. The van der Waals surface area contributed by atoms with Crippen molar-refractivity contribution in [3.63, 3.8) is 0 Å². The molecule has 0 unspecified atom stereocenters. The third kappa shape index (κ3) is 8.93. The molecular formula is C14H26O3. The van der Waals surface area contributed by atoms with Gasteiger partial charge in [0.2, 0.25) is 0 Å². The van der Waals surface area contributed by atoms with E-state index in [1.165, 1.54) is 0 Å². The molecule has 17 heavy (non-hydrogen) atoms. The van der Waals surface area contributed by atoms with E-state index in [1.807, 2.05) is 13.0 Å². The van der Waals surface area contributed by atoms with Crippen LogP contribution in [0.25, 0.3) is 0 Å². The number of ether oxygens (including phenoxy) is 2. The minimum atomic E-state index is -0.187. The summed E-state index contributed by atoms with van der Waals surface area (Å²) in [6, 6.07) is 0. The number of unbranched alkanes of at least 4 members (excludes halogenated alkanes) is 1. The third-order valence-corrected chi connectivity index (χ3v) is 2.34. The molecule has 0 fully saturated rings. The largest absolute Gasteiger partial charge is 0.460 e. The van der Waals surface area contributed by atoms with Crippen LogP contribution in [0.15, 0.2) is 11.6 Å². The summed E-state index contributed by atoms with van der Waals surface area (Å²) in [4.78, 5) is 11.7. The van der Waals surface area contributed by atoms with Gasteiger partial charge < -0.3 is 9.47 Å². The van der Waals surface area contributed by atoms with Crippen LogP contribution in [0.4, 0.5) is 0 Å². The van der Waals surface area contributed by atoms with Crippen molar-refractivity contribution in [3.8, 4) is 0 Å². The van der Waals surface area contributed by atoms with Crippen LogP contribution < -0.4 is 0 Å². The lowest BCUT2D eigenvalue weighted by atomic mass is 10.1. The smallest absolute Gasteiger partial charge is 0.333 e. The second kappa shape index (κ2) is 11.6. The highest BCUT2D eigenvalue weighted by Crippen LogP contribution is 2.08. The first-order valence-electron chi connectivity index (χ1n) is 6.70. The molecule has 0 heterocycles. The van der Waals surface area contributed by atoms with Gasteiger partial charge in [0.25, 0.3) is 0 Å². The Morgan fingerprint density at radius 2 is 1.82 bits per heavy atom. The van der Waals surface area contributed by atoms with E-state index in [0.717, 1.165) is 44.3 Å². The number of hydrogen-bond donors (Lipinski definition) is 0. The van der Waals surface area contributed by atoms with Crippen LogP contribution in [0.2, 0.25) is 0 Å². The number of carbonyl (C=O) groups excluding carboxylic acids is 1. The Kier molecular flexibility index (Phi) is 11.1. The topological polar surface area (TPSA) is 35.5 Å². The maximum absolute atomic E-state index is 11.7. The molecule has 0 aliphatic rings. The monoisotopic (exact) mass is 242 g/mol. The molecule has 0 aliphatic carbocycles. The number of rotatable bonds is 10. The molecule has 0 bridgehead atoms. The molecule has 0 rings (SSSR count). The summed E-state index contributed by atoms with van der Waals surface area (Å²) >= 11 is 0. The highest BCUT2D eigenvalue weighted by Gasteiger charge is 2.08. The molecule has 0 N–H and O–H groups in total. The lowest BCUT2D eigenvalue weighted by molar-refractivity contribution is -0.140. The normalized spacial score (nSPS) is 11.6. The van der Waals surface area contributed by atoms with Gasteiger partial charge in [-0.1, -0.05) is 39.7 Å². The average molecular weight is 242 g/mol. The van der Waals surface area contributed by atoms with Crippen molar-refractivity contribution in [1.82, 2.24) is 0 Å². The number of esters is 1. The van der Waals surface area contributed by atoms with Crippen molar-refractivity contribution in [1.29, 1.82) is 0 Å². The molecule has 0 atom stereocenters. The van der Waals surface area contributed by atoms with E-state index in [9.17, 15) is 4.79 Å². The lowest BCUT2D eigenvalue weighted by Crippen LogP contribution is -2.13. The standard InChI is InChI=1S/C14H26O3/c1-4-7-10-16-11-12-17-14(15)13(8-5-2)9-6-3/h8H,4-7,9-12H2,1-3H3. The third-order valence-electron chi connectivity index (χ3n) is 2.34. The summed E-state index contributed by atoms with van der Waals surface area (Å²) in [5, 5.41) is 0. The van der Waals surface area contributed by atoms with Gasteiger partial charge in [0, 0.05) is 12.2 Å². The Balaban J connectivity index is 3.71. The van der Waals surface area contributed by atoms with Crippen molar-refractivity contribution in [2.24, 2.45) is 0 Å². The summed E-state index contributed by atoms with van der Waals surface area (Å²) in [5.41, 5.74) is 0.795. The van der Waals surface area contributed by atoms with Gasteiger partial charge >= 0.3 is 5.97 Å². The molecule has 0 saturated heterocycles. The minimum Gasteiger partial charge on any atom is -0.460 e. The van der Waals surface area contributed by atoms with Crippen molar-refractivity contribution >= 4 is 5.97 Å². The fourth-order valence-electron chi connectivity index (χ4n) is 1.44. The molecule has 0 amide bonds. The van der Waals surface area contributed by atoms with Crippen molar-refractivity contribution in [2.45, 2.75) is 52.9 Å². The predicted octanol–water partition coefficient (Wildman–Crippen LogP) is 3.48. The lowest BCUT2D eigenvalue weighted by Gasteiger charge is -2.08. The number of allylic oxidation sites excluding steroid dienone is 1. The quantitative estimate of drug-likeness (QED) is 0.334. The van der Waals surface area contributed by atoms with Gasteiger partial charge in [-0.15, -0.1) is 0 Å². The van der Waals surface area contributed by atoms with Gasteiger partial charge in [0.1, 0.15) is 6.61 Å². The van der Waals surface area contributed by atoms with Gasteiger partial charge in [0.05, 0.1) is 6.61 Å². The van der Waals surface area contributed by atoms with Gasteiger partial charge in [-0.3, -0.25) is 0 Å². The van der Waals surface area contributed by atoms with E-state index in [2.05, 4.69) is 13.8 Å². The Labute approximate surface area is 105 Å². The molecule has 0 radical (unpaired) electrons. The van der Waals surface area contributed by atoms with E-state index in [-0.39, 0.29) is 5.97 Å². The fraction of sp³-hybridized carbons (Fsp3) is 0.786. The Bertz CT molecular complexity index is 222. The van der Waals surface area contributed by atoms with E-state index in [0.29, 0.717) is 13.2 Å². The summed E-state index contributed by atoms with van der Waals surface area (Å²) < 4.78 is 10.5. The van der Waals surface area contributed by atoms with E-state index in [1.54, 1.807) is 0 Å². The molecule has 0 aliphatic heterocycles. The summed E-state index contributed by atoms with van der Waals surface area (Å²) in [6.07, 6.45) is 6.77. The minimum absolute atomic E-state index is 0.187. The zero-order chi connectivity index (χ0) is 12.9. The predicted molar refractivity (Wildman–Crippen MR) is 70.0 cm³/mol. The summed E-state index contributed by atoms with van der Waals surface area (Å²) in [7, 11) is 0. The van der Waals surface area contributed by atoms with Crippen LogP contribution in [0.1, 0.15) is 52.9 Å². The van der Waals surface area contributed by atoms with Gasteiger partial charge in [-0.25, -0.2) is 4.79 Å². The Hall–Kier alpha value is -0.830. The number of hydrogen-bond acceptors (Lipinski definition) is 3. The van der Waals surface area contributed by atoms with E-state index >= 15 is 0 Å². The van der Waals surface area contributed by atoms with Crippen LogP contribution in [0.3, 0.4) is 0 Å². The Morgan fingerprint density at radius 1 is 1.06 bits per heavy atom. The molecule has 0 spiro atoms. The highest BCUT2D eigenvalue weighted by atomic mass is 16.6. The fourth-order valence-corrected chi connectivity index (χ4v) is 1.44. The van der Waals surface area contributed by atoms with Gasteiger partial charge in [-0.05, 0) is 19.3 Å². The molecular weight excluding hydrogens is 216 g/mol. The maximum Gasteiger partial charge on any atom is 0.333 e. The second-order valence-electron chi connectivity index (χ2n) is 3.99. The van der Waals surface area contributed by atoms with Crippen molar-refractivity contribution in [2.75, 3.05) is 19.8 Å². The Morgan fingerprint density at radius 3 is 2.41 bits per heavy atom. The van der Waals surface area contributed by atoms with E-state index < -0.39 is 0 Å². The first-order chi connectivity index (χ1) is 8.26. The van der Waals surface area contributed by atoms with Crippen molar-refractivity contribution in [3.05, 3.63) is 11.6 Å². The van der Waals surface area contributed by atoms with Crippen LogP contribution >= 0.6 is 0 Å². The van der Waals surface area contributed by atoms with Gasteiger partial charge in [0.15, 0.2) is 0 Å². The number of carbonyl (C=O) groups is 1. The average Bonchev–Trinajstić information content (AvgIpc) is 2.33. The highest BCUT2D eigenvalue weighted by molar-refractivity contribution is 5.88. The zero-order valence-corrected chi connectivity index (χ0v) is 11.5. The molecule has 0 aromatic carbocycles. The molecule has 0 aromatic rings. The first-order valence-corrected chi connectivity index (χ1v) is 6.70. The zero-order valence-electron chi connectivity index (χ0n) is 11.5. The summed E-state index contributed by atoms with van der Waals surface area (Å²) in [6.45, 7) is 7.81. The van der Waals surface area contributed by atoms with Crippen molar-refractivity contribution < 1.29 is 14.3 Å². The van der Waals surface area contributed by atoms with Crippen LogP contribution in [0.5, 0.6) is 0 Å². The summed E-state index contributed by atoms with van der Waals surface area (Å²) in [5.74, 6) is -0.187. The SMILES string of the molecule is CCC=C(CCC)C(=O)OCCOCCCC. The molecule has 100 valence electrons. The second-order valence-corrected chi connectivity index (χ2v) is 3.99. The van der Waals surface area contributed by atoms with Crippen LogP contribution in [0, 0.1) is 0 Å². The van der Waals surface area contributed by atoms with E-state index in [4.69, 9.17) is 9.47 Å². The molecule has 0 saturated carbocycles. The van der Waals surface area contributed by atoms with Gasteiger partial charge in [-0.2, -0.15) is 0 Å². The molecule has 3 heteroatoms. The molecule has 3 nitrogen and oxygen atoms in total. The van der Waals surface area contributed by atoms with Crippen LogP contribution in [-0.2, 0) is 14.3 Å². The molecule has 0 aromatic heterocycles.